The van der Waals surface area contributed by atoms with Crippen molar-refractivity contribution in [2.24, 2.45) is 11.1 Å². The van der Waals surface area contributed by atoms with Gasteiger partial charge in [0.15, 0.2) is 0 Å². The van der Waals surface area contributed by atoms with Crippen LogP contribution in [0.25, 0.3) is 10.9 Å². The summed E-state index contributed by atoms with van der Waals surface area (Å²) < 4.78 is 0. The summed E-state index contributed by atoms with van der Waals surface area (Å²) in [6.45, 7) is 7.40. The SMILES string of the molecule is CC1(C)CCN(C(CN)c2ccc(Cl)c3cccnc23)C1. The molecule has 112 valence electrons. The van der Waals surface area contributed by atoms with Crippen molar-refractivity contribution in [2.45, 2.75) is 26.3 Å². The van der Waals surface area contributed by atoms with Gasteiger partial charge in [0.25, 0.3) is 0 Å². The molecule has 2 heterocycles. The summed E-state index contributed by atoms with van der Waals surface area (Å²) in [5.74, 6) is 0. The van der Waals surface area contributed by atoms with Gasteiger partial charge in [-0.2, -0.15) is 0 Å². The van der Waals surface area contributed by atoms with Crippen LogP contribution < -0.4 is 5.73 Å². The van der Waals surface area contributed by atoms with Gasteiger partial charge in [-0.3, -0.25) is 9.88 Å². The molecule has 3 rings (SSSR count). The van der Waals surface area contributed by atoms with E-state index in [1.807, 2.05) is 24.4 Å². The molecule has 0 radical (unpaired) electrons. The fourth-order valence-electron chi connectivity index (χ4n) is 3.32. The van der Waals surface area contributed by atoms with E-state index in [9.17, 15) is 0 Å². The van der Waals surface area contributed by atoms with E-state index in [0.29, 0.717) is 12.0 Å². The third-order valence-electron chi connectivity index (χ3n) is 4.48. The van der Waals surface area contributed by atoms with E-state index in [1.54, 1.807) is 0 Å². The minimum absolute atomic E-state index is 0.210. The van der Waals surface area contributed by atoms with Crippen molar-refractivity contribution in [2.75, 3.05) is 19.6 Å². The van der Waals surface area contributed by atoms with Gasteiger partial charge in [-0.25, -0.2) is 0 Å². The van der Waals surface area contributed by atoms with Crippen LogP contribution in [0.1, 0.15) is 31.9 Å². The Balaban J connectivity index is 2.04. The molecule has 1 atom stereocenters. The third kappa shape index (κ3) is 2.78. The molecule has 4 heteroatoms. The zero-order chi connectivity index (χ0) is 15.0. The van der Waals surface area contributed by atoms with Gasteiger partial charge in [-0.05, 0) is 42.1 Å². The number of benzene rings is 1. The van der Waals surface area contributed by atoms with Crippen molar-refractivity contribution in [1.29, 1.82) is 0 Å². The number of pyridine rings is 1. The van der Waals surface area contributed by atoms with Crippen LogP contribution in [0.3, 0.4) is 0 Å². The van der Waals surface area contributed by atoms with Gasteiger partial charge in [0.05, 0.1) is 5.52 Å². The number of halogens is 1. The standard InChI is InChI=1S/C17H22ClN3/c1-17(2)7-9-21(11-17)15(10-19)13-5-6-14(18)12-4-3-8-20-16(12)13/h3-6,8,15H,7,9-11,19H2,1-2H3. The van der Waals surface area contributed by atoms with Crippen LogP contribution in [0.2, 0.25) is 5.02 Å². The second-order valence-electron chi connectivity index (χ2n) is 6.67. The van der Waals surface area contributed by atoms with Crippen LogP contribution in [0, 0.1) is 5.41 Å². The Kier molecular flexibility index (Phi) is 3.91. The average molecular weight is 304 g/mol. The van der Waals surface area contributed by atoms with Gasteiger partial charge >= 0.3 is 0 Å². The first-order valence-electron chi connectivity index (χ1n) is 7.49. The predicted molar refractivity (Wildman–Crippen MR) is 88.5 cm³/mol. The van der Waals surface area contributed by atoms with E-state index in [2.05, 4.69) is 29.8 Å². The fraction of sp³-hybridized carbons (Fsp3) is 0.471. The molecule has 1 fully saturated rings. The molecule has 21 heavy (non-hydrogen) atoms. The quantitative estimate of drug-likeness (QED) is 0.941. The number of likely N-dealkylation sites (tertiary alicyclic amines) is 1. The smallest absolute Gasteiger partial charge is 0.0765 e. The largest absolute Gasteiger partial charge is 0.329 e. The first kappa shape index (κ1) is 14.8. The number of aromatic nitrogens is 1. The topological polar surface area (TPSA) is 42.1 Å². The number of hydrogen-bond acceptors (Lipinski definition) is 3. The van der Waals surface area contributed by atoms with Gasteiger partial charge in [0.1, 0.15) is 0 Å². The van der Waals surface area contributed by atoms with Gasteiger partial charge in [0.2, 0.25) is 0 Å². The van der Waals surface area contributed by atoms with E-state index in [1.165, 1.54) is 12.0 Å². The Morgan fingerprint density at radius 2 is 2.19 bits per heavy atom. The number of rotatable bonds is 3. The summed E-state index contributed by atoms with van der Waals surface area (Å²) in [5.41, 5.74) is 8.63. The monoisotopic (exact) mass is 303 g/mol. The maximum Gasteiger partial charge on any atom is 0.0765 e. The molecule has 0 spiro atoms. The van der Waals surface area contributed by atoms with Gasteiger partial charge in [-0.15, -0.1) is 0 Å². The van der Waals surface area contributed by atoms with Crippen LogP contribution in [0.15, 0.2) is 30.5 Å². The first-order valence-corrected chi connectivity index (χ1v) is 7.87. The summed E-state index contributed by atoms with van der Waals surface area (Å²) in [6, 6.07) is 8.21. The summed E-state index contributed by atoms with van der Waals surface area (Å²) in [7, 11) is 0. The van der Waals surface area contributed by atoms with Crippen molar-refractivity contribution < 1.29 is 0 Å². The molecule has 2 N–H and O–H groups in total. The zero-order valence-electron chi connectivity index (χ0n) is 12.6. The third-order valence-corrected chi connectivity index (χ3v) is 4.81. The predicted octanol–water partition coefficient (Wildman–Crippen LogP) is 3.62. The number of hydrogen-bond donors (Lipinski definition) is 1. The lowest BCUT2D eigenvalue weighted by atomic mass is 9.93. The van der Waals surface area contributed by atoms with E-state index in [-0.39, 0.29) is 6.04 Å². The highest BCUT2D eigenvalue weighted by Crippen LogP contribution is 2.37. The van der Waals surface area contributed by atoms with Crippen molar-refractivity contribution in [1.82, 2.24) is 9.88 Å². The Morgan fingerprint density at radius 3 is 2.86 bits per heavy atom. The molecular formula is C17H22ClN3. The van der Waals surface area contributed by atoms with Crippen LogP contribution in [0.5, 0.6) is 0 Å². The first-order chi connectivity index (χ1) is 10.0. The number of nitrogens with zero attached hydrogens (tertiary/aromatic N) is 2. The molecule has 3 nitrogen and oxygen atoms in total. The molecule has 2 aromatic rings. The number of fused-ring (bicyclic) bond motifs is 1. The molecule has 0 aliphatic carbocycles. The minimum Gasteiger partial charge on any atom is -0.329 e. The molecule has 1 saturated heterocycles. The van der Waals surface area contributed by atoms with Crippen molar-refractivity contribution >= 4 is 22.5 Å². The minimum atomic E-state index is 0.210. The molecule has 1 aliphatic rings. The van der Waals surface area contributed by atoms with Crippen LogP contribution in [-0.4, -0.2) is 29.5 Å². The van der Waals surface area contributed by atoms with Gasteiger partial charge < -0.3 is 5.73 Å². The lowest BCUT2D eigenvalue weighted by molar-refractivity contribution is 0.224. The van der Waals surface area contributed by atoms with E-state index in [4.69, 9.17) is 17.3 Å². The second kappa shape index (κ2) is 5.56. The highest BCUT2D eigenvalue weighted by Gasteiger charge is 2.34. The maximum absolute atomic E-state index is 6.30. The fourth-order valence-corrected chi connectivity index (χ4v) is 3.54. The highest BCUT2D eigenvalue weighted by molar-refractivity contribution is 6.35. The summed E-state index contributed by atoms with van der Waals surface area (Å²) in [6.07, 6.45) is 3.03. The van der Waals surface area contributed by atoms with Crippen molar-refractivity contribution in [3.63, 3.8) is 0 Å². The molecule has 0 saturated carbocycles. The highest BCUT2D eigenvalue weighted by atomic mass is 35.5. The Hall–Kier alpha value is -1.16. The second-order valence-corrected chi connectivity index (χ2v) is 7.08. The normalized spacial score (nSPS) is 20.0. The summed E-state index contributed by atoms with van der Waals surface area (Å²) in [4.78, 5) is 7.04. The average Bonchev–Trinajstić information content (AvgIpc) is 2.82. The number of nitrogens with two attached hydrogens (primary N) is 1. The van der Waals surface area contributed by atoms with Crippen LogP contribution in [0.4, 0.5) is 0 Å². The lowest BCUT2D eigenvalue weighted by Gasteiger charge is -2.29. The lowest BCUT2D eigenvalue weighted by Crippen LogP contribution is -2.33. The van der Waals surface area contributed by atoms with Gasteiger partial charge in [0, 0.05) is 35.7 Å². The molecule has 1 aromatic heterocycles. The Bertz CT molecular complexity index is 654. The molecule has 1 aromatic carbocycles. The Labute approximate surface area is 131 Å². The van der Waals surface area contributed by atoms with E-state index >= 15 is 0 Å². The summed E-state index contributed by atoms with van der Waals surface area (Å²) >= 11 is 6.30. The van der Waals surface area contributed by atoms with E-state index in [0.717, 1.165) is 29.0 Å². The molecule has 1 aliphatic heterocycles. The van der Waals surface area contributed by atoms with Crippen molar-refractivity contribution in [3.8, 4) is 0 Å². The van der Waals surface area contributed by atoms with Crippen LogP contribution in [-0.2, 0) is 0 Å². The zero-order valence-corrected chi connectivity index (χ0v) is 13.4. The molecular weight excluding hydrogens is 282 g/mol. The van der Waals surface area contributed by atoms with Crippen molar-refractivity contribution in [3.05, 3.63) is 41.0 Å². The maximum atomic E-state index is 6.30. The molecule has 1 unspecified atom stereocenters. The Morgan fingerprint density at radius 1 is 1.38 bits per heavy atom. The molecule has 0 amide bonds. The van der Waals surface area contributed by atoms with E-state index < -0.39 is 0 Å². The molecule has 0 bridgehead atoms. The van der Waals surface area contributed by atoms with Gasteiger partial charge in [-0.1, -0.05) is 31.5 Å². The summed E-state index contributed by atoms with van der Waals surface area (Å²) in [5, 5.41) is 1.76. The van der Waals surface area contributed by atoms with Crippen LogP contribution >= 0.6 is 11.6 Å².